The van der Waals surface area contributed by atoms with E-state index in [0.29, 0.717) is 17.3 Å². The zero-order valence-corrected chi connectivity index (χ0v) is 13.0. The molecule has 1 unspecified atom stereocenters. The lowest BCUT2D eigenvalue weighted by molar-refractivity contribution is 0.204. The Balaban J connectivity index is 1.73. The maximum atomic E-state index is 10.2. The van der Waals surface area contributed by atoms with E-state index in [1.165, 1.54) is 11.8 Å². The number of aliphatic hydroxyl groups excluding tert-OH is 1. The van der Waals surface area contributed by atoms with Crippen LogP contribution in [0.5, 0.6) is 0 Å². The van der Waals surface area contributed by atoms with Crippen molar-refractivity contribution in [2.75, 3.05) is 5.75 Å². The average Bonchev–Trinajstić information content (AvgIpc) is 3.22. The van der Waals surface area contributed by atoms with Crippen LogP contribution in [-0.4, -0.2) is 25.6 Å². The Labute approximate surface area is 133 Å². The lowest BCUT2D eigenvalue weighted by Gasteiger charge is -2.10. The molecule has 114 valence electrons. The van der Waals surface area contributed by atoms with Crippen LogP contribution in [0.3, 0.4) is 0 Å². The number of rotatable bonds is 6. The van der Waals surface area contributed by atoms with Crippen LogP contribution in [0.15, 0.2) is 58.3 Å². The van der Waals surface area contributed by atoms with Crippen molar-refractivity contribution in [3.8, 4) is 11.6 Å². The molecule has 1 atom stereocenters. The van der Waals surface area contributed by atoms with Gasteiger partial charge in [-0.15, -0.1) is 10.2 Å². The quantitative estimate of drug-likeness (QED) is 0.706. The van der Waals surface area contributed by atoms with E-state index in [1.807, 2.05) is 54.0 Å². The number of hydrogen-bond acceptors (Lipinski definition) is 5. The number of nitrogens with zero attached hydrogens (tertiary/aromatic N) is 3. The van der Waals surface area contributed by atoms with E-state index in [0.717, 1.165) is 17.3 Å². The van der Waals surface area contributed by atoms with Crippen LogP contribution in [0.1, 0.15) is 18.6 Å². The molecule has 0 bridgehead atoms. The molecule has 1 N–H and O–H groups in total. The predicted octanol–water partition coefficient (Wildman–Crippen LogP) is 3.38. The molecule has 2 heterocycles. The summed E-state index contributed by atoms with van der Waals surface area (Å²) in [5.41, 5.74) is 0.906. The molecule has 0 fully saturated rings. The zero-order chi connectivity index (χ0) is 15.4. The molecule has 0 amide bonds. The summed E-state index contributed by atoms with van der Waals surface area (Å²) in [6.07, 6.45) is 1.09. The third-order valence-electron chi connectivity index (χ3n) is 3.33. The molecule has 0 aliphatic heterocycles. The molecule has 22 heavy (non-hydrogen) atoms. The van der Waals surface area contributed by atoms with Gasteiger partial charge in [0, 0.05) is 12.3 Å². The van der Waals surface area contributed by atoms with Gasteiger partial charge in [-0.3, -0.25) is 4.57 Å². The summed E-state index contributed by atoms with van der Waals surface area (Å²) in [6.45, 7) is 2.78. The molecular weight excluding hydrogens is 298 g/mol. The van der Waals surface area contributed by atoms with E-state index in [9.17, 15) is 5.11 Å². The van der Waals surface area contributed by atoms with Gasteiger partial charge in [0.15, 0.2) is 16.7 Å². The van der Waals surface area contributed by atoms with Crippen molar-refractivity contribution in [2.24, 2.45) is 0 Å². The second-order valence-electron chi connectivity index (χ2n) is 4.77. The van der Waals surface area contributed by atoms with Crippen LogP contribution >= 0.6 is 11.8 Å². The van der Waals surface area contributed by atoms with Crippen molar-refractivity contribution in [1.82, 2.24) is 14.8 Å². The smallest absolute Gasteiger partial charge is 0.200 e. The van der Waals surface area contributed by atoms with Crippen LogP contribution in [0.2, 0.25) is 0 Å². The summed E-state index contributed by atoms with van der Waals surface area (Å²) in [7, 11) is 0. The summed E-state index contributed by atoms with van der Waals surface area (Å²) in [6, 6.07) is 13.3. The van der Waals surface area contributed by atoms with Crippen molar-refractivity contribution in [1.29, 1.82) is 0 Å². The molecule has 0 radical (unpaired) electrons. The van der Waals surface area contributed by atoms with Crippen molar-refractivity contribution in [3.63, 3.8) is 0 Å². The maximum absolute atomic E-state index is 10.2. The van der Waals surface area contributed by atoms with Gasteiger partial charge in [-0.25, -0.2) is 0 Å². The van der Waals surface area contributed by atoms with Crippen molar-refractivity contribution in [2.45, 2.75) is 24.7 Å². The SMILES string of the molecule is CCn1c(SCC(O)c2ccccc2)nnc1-c1ccco1. The predicted molar refractivity (Wildman–Crippen MR) is 85.5 cm³/mol. The average molecular weight is 315 g/mol. The van der Waals surface area contributed by atoms with Crippen LogP contribution in [0.4, 0.5) is 0 Å². The molecule has 0 saturated heterocycles. The fourth-order valence-corrected chi connectivity index (χ4v) is 3.16. The fraction of sp³-hybridized carbons (Fsp3) is 0.250. The fourth-order valence-electron chi connectivity index (χ4n) is 2.19. The first-order valence-corrected chi connectivity index (χ1v) is 8.11. The first-order chi connectivity index (χ1) is 10.8. The van der Waals surface area contributed by atoms with Crippen LogP contribution < -0.4 is 0 Å². The van der Waals surface area contributed by atoms with Gasteiger partial charge in [-0.1, -0.05) is 42.1 Å². The lowest BCUT2D eigenvalue weighted by Crippen LogP contribution is -2.03. The number of thioether (sulfide) groups is 1. The molecule has 3 rings (SSSR count). The molecule has 3 aromatic rings. The van der Waals surface area contributed by atoms with Crippen LogP contribution in [0.25, 0.3) is 11.6 Å². The third kappa shape index (κ3) is 3.08. The minimum Gasteiger partial charge on any atom is -0.461 e. The van der Waals surface area contributed by atoms with Gasteiger partial charge in [0.05, 0.1) is 12.4 Å². The molecule has 0 aliphatic rings. The van der Waals surface area contributed by atoms with Gasteiger partial charge in [0.1, 0.15) is 0 Å². The van der Waals surface area contributed by atoms with E-state index < -0.39 is 6.10 Å². The van der Waals surface area contributed by atoms with Gasteiger partial charge in [-0.05, 0) is 24.6 Å². The second kappa shape index (κ2) is 6.81. The van der Waals surface area contributed by atoms with Gasteiger partial charge >= 0.3 is 0 Å². The van der Waals surface area contributed by atoms with E-state index in [1.54, 1.807) is 6.26 Å². The highest BCUT2D eigenvalue weighted by atomic mass is 32.2. The summed E-state index contributed by atoms with van der Waals surface area (Å²) in [5, 5.41) is 19.4. The van der Waals surface area contributed by atoms with Crippen molar-refractivity contribution in [3.05, 3.63) is 54.3 Å². The van der Waals surface area contributed by atoms with Crippen LogP contribution in [-0.2, 0) is 6.54 Å². The molecule has 5 nitrogen and oxygen atoms in total. The Morgan fingerprint density at radius 2 is 2.00 bits per heavy atom. The molecular formula is C16H17N3O2S. The first kappa shape index (κ1) is 14.9. The highest BCUT2D eigenvalue weighted by molar-refractivity contribution is 7.99. The summed E-state index contributed by atoms with van der Waals surface area (Å²) in [4.78, 5) is 0. The van der Waals surface area contributed by atoms with Crippen LogP contribution in [0, 0.1) is 0 Å². The standard InChI is InChI=1S/C16H17N3O2S/c1-2-19-15(14-9-6-10-21-14)17-18-16(19)22-11-13(20)12-7-4-3-5-8-12/h3-10,13,20H,2,11H2,1H3. The van der Waals surface area contributed by atoms with Crippen molar-refractivity contribution < 1.29 is 9.52 Å². The second-order valence-corrected chi connectivity index (χ2v) is 5.75. The van der Waals surface area contributed by atoms with Crippen molar-refractivity contribution >= 4 is 11.8 Å². The normalized spacial score (nSPS) is 12.5. The van der Waals surface area contributed by atoms with Gasteiger partial charge < -0.3 is 9.52 Å². The van der Waals surface area contributed by atoms with E-state index in [2.05, 4.69) is 10.2 Å². The topological polar surface area (TPSA) is 64.1 Å². The van der Waals surface area contributed by atoms with E-state index >= 15 is 0 Å². The Bertz CT molecular complexity index is 710. The molecule has 0 aliphatic carbocycles. The summed E-state index contributed by atoms with van der Waals surface area (Å²) >= 11 is 1.49. The third-order valence-corrected chi connectivity index (χ3v) is 4.37. The van der Waals surface area contributed by atoms with Gasteiger partial charge in [0.2, 0.25) is 0 Å². The highest BCUT2D eigenvalue weighted by Gasteiger charge is 2.16. The van der Waals surface area contributed by atoms with E-state index in [-0.39, 0.29) is 0 Å². The number of hydrogen-bond donors (Lipinski definition) is 1. The Morgan fingerprint density at radius 3 is 2.68 bits per heavy atom. The van der Waals surface area contributed by atoms with Gasteiger partial charge in [-0.2, -0.15) is 0 Å². The monoisotopic (exact) mass is 315 g/mol. The summed E-state index contributed by atoms with van der Waals surface area (Å²) < 4.78 is 7.38. The number of benzene rings is 1. The lowest BCUT2D eigenvalue weighted by atomic mass is 10.1. The van der Waals surface area contributed by atoms with E-state index in [4.69, 9.17) is 4.42 Å². The molecule has 0 spiro atoms. The number of aromatic nitrogens is 3. The Morgan fingerprint density at radius 1 is 1.18 bits per heavy atom. The molecule has 0 saturated carbocycles. The van der Waals surface area contributed by atoms with Gasteiger partial charge in [0.25, 0.3) is 0 Å². The first-order valence-electron chi connectivity index (χ1n) is 7.12. The molecule has 1 aromatic carbocycles. The minimum atomic E-state index is -0.528. The maximum Gasteiger partial charge on any atom is 0.200 e. The zero-order valence-electron chi connectivity index (χ0n) is 12.2. The molecule has 2 aromatic heterocycles. The summed E-state index contributed by atoms with van der Waals surface area (Å²) in [5.74, 6) is 1.94. The Hall–Kier alpha value is -2.05. The highest BCUT2D eigenvalue weighted by Crippen LogP contribution is 2.27. The largest absolute Gasteiger partial charge is 0.461 e. The number of furan rings is 1. The molecule has 6 heteroatoms. The minimum absolute atomic E-state index is 0.528. The Kier molecular flexibility index (Phi) is 4.60. The number of aliphatic hydroxyl groups is 1.